The molecule has 1 saturated carbocycles. The van der Waals surface area contributed by atoms with Crippen LogP contribution in [0.25, 0.3) is 0 Å². The van der Waals surface area contributed by atoms with Crippen LogP contribution >= 0.6 is 0 Å². The maximum Gasteiger partial charge on any atom is 0.221 e. The first-order chi connectivity index (χ1) is 10.1. The number of morpholine rings is 1. The van der Waals surface area contributed by atoms with E-state index in [2.05, 4.69) is 15.4 Å². The number of ether oxygens (including phenoxy) is 1. The number of amides is 1. The van der Waals surface area contributed by atoms with Crippen LogP contribution in [-0.2, 0) is 19.6 Å². The second-order valence-electron chi connectivity index (χ2n) is 5.74. The second kappa shape index (κ2) is 8.07. The topological polar surface area (TPSA) is 96.5 Å². The Labute approximate surface area is 126 Å². The number of carbonyl (C=O) groups is 1. The van der Waals surface area contributed by atoms with Gasteiger partial charge < -0.3 is 15.4 Å². The van der Waals surface area contributed by atoms with E-state index in [1.54, 1.807) is 0 Å². The molecule has 21 heavy (non-hydrogen) atoms. The predicted molar refractivity (Wildman–Crippen MR) is 79.4 cm³/mol. The lowest BCUT2D eigenvalue weighted by molar-refractivity contribution is -0.122. The molecule has 3 N–H and O–H groups in total. The van der Waals surface area contributed by atoms with Crippen molar-refractivity contribution in [3.05, 3.63) is 0 Å². The van der Waals surface area contributed by atoms with Gasteiger partial charge >= 0.3 is 0 Å². The van der Waals surface area contributed by atoms with Gasteiger partial charge in [0, 0.05) is 32.1 Å². The average molecular weight is 319 g/mol. The standard InChI is InChI=1S/C13H25N3O4S/c17-13(8-12-10-20-6-4-14-12)15-5-7-21(18,19)16-9-11-2-1-3-11/h11-12,14,16H,1-10H2,(H,15,17). The summed E-state index contributed by atoms with van der Waals surface area (Å²) in [6.45, 7) is 2.61. The van der Waals surface area contributed by atoms with E-state index in [-0.39, 0.29) is 24.2 Å². The molecular formula is C13H25N3O4S. The molecule has 0 radical (unpaired) electrons. The van der Waals surface area contributed by atoms with Crippen molar-refractivity contribution in [3.63, 3.8) is 0 Å². The zero-order chi connectivity index (χ0) is 15.1. The normalized spacial score (nSPS) is 23.5. The van der Waals surface area contributed by atoms with Gasteiger partial charge in [0.2, 0.25) is 15.9 Å². The lowest BCUT2D eigenvalue weighted by Crippen LogP contribution is -2.45. The van der Waals surface area contributed by atoms with E-state index < -0.39 is 10.0 Å². The Morgan fingerprint density at radius 2 is 2.14 bits per heavy atom. The molecule has 0 bridgehead atoms. The van der Waals surface area contributed by atoms with Gasteiger partial charge in [-0.05, 0) is 18.8 Å². The molecule has 0 aromatic carbocycles. The Balaban J connectivity index is 1.57. The second-order valence-corrected chi connectivity index (χ2v) is 7.67. The van der Waals surface area contributed by atoms with Crippen molar-refractivity contribution in [3.8, 4) is 0 Å². The van der Waals surface area contributed by atoms with Gasteiger partial charge in [-0.1, -0.05) is 6.42 Å². The molecule has 122 valence electrons. The van der Waals surface area contributed by atoms with E-state index in [1.165, 1.54) is 6.42 Å². The Hall–Kier alpha value is -0.700. The van der Waals surface area contributed by atoms with Gasteiger partial charge in [-0.15, -0.1) is 0 Å². The van der Waals surface area contributed by atoms with E-state index in [0.29, 0.717) is 32.1 Å². The van der Waals surface area contributed by atoms with Crippen LogP contribution in [0.15, 0.2) is 0 Å². The molecule has 0 aromatic rings. The van der Waals surface area contributed by atoms with Gasteiger partial charge in [0.05, 0.1) is 19.0 Å². The summed E-state index contributed by atoms with van der Waals surface area (Å²) < 4.78 is 31.4. The van der Waals surface area contributed by atoms with Crippen molar-refractivity contribution >= 4 is 15.9 Å². The van der Waals surface area contributed by atoms with Crippen LogP contribution in [0.3, 0.4) is 0 Å². The van der Waals surface area contributed by atoms with Crippen molar-refractivity contribution < 1.29 is 17.9 Å². The van der Waals surface area contributed by atoms with E-state index >= 15 is 0 Å². The number of rotatable bonds is 8. The van der Waals surface area contributed by atoms with Crippen LogP contribution in [0.5, 0.6) is 0 Å². The highest BCUT2D eigenvalue weighted by molar-refractivity contribution is 7.89. The Morgan fingerprint density at radius 1 is 1.33 bits per heavy atom. The summed E-state index contributed by atoms with van der Waals surface area (Å²) >= 11 is 0. The van der Waals surface area contributed by atoms with Gasteiger partial charge in [-0.3, -0.25) is 4.79 Å². The van der Waals surface area contributed by atoms with E-state index in [9.17, 15) is 13.2 Å². The first-order valence-electron chi connectivity index (χ1n) is 7.60. The van der Waals surface area contributed by atoms with Gasteiger partial charge in [0.1, 0.15) is 0 Å². The monoisotopic (exact) mass is 319 g/mol. The summed E-state index contributed by atoms with van der Waals surface area (Å²) in [5.41, 5.74) is 0. The minimum atomic E-state index is -3.29. The van der Waals surface area contributed by atoms with Crippen molar-refractivity contribution in [1.29, 1.82) is 0 Å². The first-order valence-corrected chi connectivity index (χ1v) is 9.25. The van der Waals surface area contributed by atoms with Crippen LogP contribution < -0.4 is 15.4 Å². The number of sulfonamides is 1. The van der Waals surface area contributed by atoms with Crippen LogP contribution in [0.1, 0.15) is 25.7 Å². The molecule has 2 fully saturated rings. The maximum atomic E-state index is 11.8. The average Bonchev–Trinajstić information content (AvgIpc) is 2.37. The third kappa shape index (κ3) is 6.29. The van der Waals surface area contributed by atoms with Crippen molar-refractivity contribution in [2.75, 3.05) is 38.6 Å². The molecular weight excluding hydrogens is 294 g/mol. The molecule has 2 aliphatic rings. The van der Waals surface area contributed by atoms with Gasteiger partial charge in [-0.2, -0.15) is 0 Å². The molecule has 0 aromatic heterocycles. The lowest BCUT2D eigenvalue weighted by atomic mass is 9.86. The van der Waals surface area contributed by atoms with E-state index in [0.717, 1.165) is 19.4 Å². The van der Waals surface area contributed by atoms with Gasteiger partial charge in [0.25, 0.3) is 0 Å². The quantitative estimate of drug-likeness (QED) is 0.544. The van der Waals surface area contributed by atoms with Gasteiger partial charge in [0.15, 0.2) is 0 Å². The van der Waals surface area contributed by atoms with E-state index in [4.69, 9.17) is 4.74 Å². The van der Waals surface area contributed by atoms with Crippen molar-refractivity contribution in [1.82, 2.24) is 15.4 Å². The summed E-state index contributed by atoms with van der Waals surface area (Å²) in [5, 5.41) is 5.83. The van der Waals surface area contributed by atoms with E-state index in [1.807, 2.05) is 0 Å². The summed E-state index contributed by atoms with van der Waals surface area (Å²) in [7, 11) is -3.29. The fourth-order valence-corrected chi connectivity index (χ4v) is 3.39. The highest BCUT2D eigenvalue weighted by Crippen LogP contribution is 2.25. The maximum absolute atomic E-state index is 11.8. The largest absolute Gasteiger partial charge is 0.378 e. The molecule has 1 unspecified atom stereocenters. The summed E-state index contributed by atoms with van der Waals surface area (Å²) in [5.74, 6) is 0.277. The highest BCUT2D eigenvalue weighted by atomic mass is 32.2. The molecule has 1 atom stereocenters. The zero-order valence-electron chi connectivity index (χ0n) is 12.3. The molecule has 1 amide bonds. The van der Waals surface area contributed by atoms with Crippen molar-refractivity contribution in [2.45, 2.75) is 31.7 Å². The molecule has 8 heteroatoms. The van der Waals surface area contributed by atoms with Crippen LogP contribution in [0, 0.1) is 5.92 Å². The molecule has 1 saturated heterocycles. The minimum absolute atomic E-state index is 0.0205. The molecule has 2 rings (SSSR count). The SMILES string of the molecule is O=C(CC1COCCN1)NCCS(=O)(=O)NCC1CCC1. The number of hydrogen-bond donors (Lipinski definition) is 3. The fourth-order valence-electron chi connectivity index (χ4n) is 2.39. The molecule has 1 aliphatic heterocycles. The molecule has 0 spiro atoms. The van der Waals surface area contributed by atoms with Crippen LogP contribution in [-0.4, -0.2) is 59.0 Å². The Morgan fingerprint density at radius 3 is 2.76 bits per heavy atom. The number of carbonyl (C=O) groups excluding carboxylic acids is 1. The third-order valence-electron chi connectivity index (χ3n) is 3.94. The predicted octanol–water partition coefficient (Wildman–Crippen LogP) is -0.799. The molecule has 7 nitrogen and oxygen atoms in total. The Kier molecular flexibility index (Phi) is 6.40. The Bertz CT molecular complexity index is 431. The third-order valence-corrected chi connectivity index (χ3v) is 5.29. The summed E-state index contributed by atoms with van der Waals surface area (Å²) in [6.07, 6.45) is 3.72. The molecule has 1 heterocycles. The molecule has 1 aliphatic carbocycles. The fraction of sp³-hybridized carbons (Fsp3) is 0.923. The minimum Gasteiger partial charge on any atom is -0.378 e. The number of nitrogens with one attached hydrogen (secondary N) is 3. The van der Waals surface area contributed by atoms with Crippen LogP contribution in [0.4, 0.5) is 0 Å². The lowest BCUT2D eigenvalue weighted by Gasteiger charge is -2.25. The first kappa shape index (κ1) is 16.7. The van der Waals surface area contributed by atoms with Crippen LogP contribution in [0.2, 0.25) is 0 Å². The number of hydrogen-bond acceptors (Lipinski definition) is 5. The smallest absolute Gasteiger partial charge is 0.221 e. The van der Waals surface area contributed by atoms with Crippen molar-refractivity contribution in [2.24, 2.45) is 5.92 Å². The van der Waals surface area contributed by atoms with Gasteiger partial charge in [-0.25, -0.2) is 13.1 Å². The summed E-state index contributed by atoms with van der Waals surface area (Å²) in [6, 6.07) is 0.0205. The zero-order valence-corrected chi connectivity index (χ0v) is 13.1. The highest BCUT2D eigenvalue weighted by Gasteiger charge is 2.20. The summed E-state index contributed by atoms with van der Waals surface area (Å²) in [4.78, 5) is 11.7.